The standard InChI is InChI=1S/C21H35F3.2H2O.H2/c1-13-3-5-15(6-4-13)9-16-7-8-18(21(24)10-16)17-11-19(22)14(2)20(23)12-17;;;/h13-21H,3-12H2,1-2H3;2*1H2;1H. The van der Waals surface area contributed by atoms with Gasteiger partial charge in [0.15, 0.2) is 0 Å². The van der Waals surface area contributed by atoms with E-state index in [2.05, 4.69) is 6.92 Å². The van der Waals surface area contributed by atoms with Gasteiger partial charge in [-0.1, -0.05) is 39.5 Å². The summed E-state index contributed by atoms with van der Waals surface area (Å²) >= 11 is 0. The molecular weight excluding hydrogens is 341 g/mol. The molecule has 5 unspecified atom stereocenters. The molecule has 0 aromatic carbocycles. The van der Waals surface area contributed by atoms with Crippen molar-refractivity contribution < 1.29 is 25.6 Å². The Kier molecular flexibility index (Phi) is 9.42. The average molecular weight is 383 g/mol. The van der Waals surface area contributed by atoms with Crippen LogP contribution < -0.4 is 0 Å². The van der Waals surface area contributed by atoms with Crippen molar-refractivity contribution in [3.63, 3.8) is 0 Å². The number of rotatable bonds is 3. The van der Waals surface area contributed by atoms with Crippen LogP contribution >= 0.6 is 0 Å². The lowest BCUT2D eigenvalue weighted by molar-refractivity contribution is -0.00666. The van der Waals surface area contributed by atoms with Gasteiger partial charge >= 0.3 is 0 Å². The van der Waals surface area contributed by atoms with Crippen LogP contribution in [0.15, 0.2) is 0 Å². The molecule has 0 saturated heterocycles. The molecule has 0 radical (unpaired) electrons. The Labute approximate surface area is 158 Å². The van der Waals surface area contributed by atoms with Crippen LogP contribution in [-0.2, 0) is 0 Å². The molecule has 5 heteroatoms. The molecule has 0 aromatic rings. The molecule has 5 atom stereocenters. The van der Waals surface area contributed by atoms with Crippen molar-refractivity contribution in [2.75, 3.05) is 0 Å². The minimum Gasteiger partial charge on any atom is -0.412 e. The molecule has 0 bridgehead atoms. The van der Waals surface area contributed by atoms with Crippen molar-refractivity contribution >= 4 is 0 Å². The summed E-state index contributed by atoms with van der Waals surface area (Å²) in [6.45, 7) is 3.99. The van der Waals surface area contributed by atoms with Gasteiger partial charge in [0, 0.05) is 7.34 Å². The second-order valence-electron chi connectivity index (χ2n) is 9.34. The topological polar surface area (TPSA) is 63.0 Å². The predicted molar refractivity (Wildman–Crippen MR) is 102 cm³/mol. The third kappa shape index (κ3) is 5.60. The van der Waals surface area contributed by atoms with Crippen LogP contribution in [0.1, 0.15) is 79.5 Å². The predicted octanol–water partition coefficient (Wildman–Crippen LogP) is 5.28. The maximum Gasteiger partial charge on any atom is 0.106 e. The van der Waals surface area contributed by atoms with Crippen LogP contribution in [-0.4, -0.2) is 29.5 Å². The molecule has 3 aliphatic rings. The largest absolute Gasteiger partial charge is 0.412 e. The lowest BCUT2D eigenvalue weighted by atomic mass is 9.66. The zero-order valence-corrected chi connectivity index (χ0v) is 16.4. The zero-order chi connectivity index (χ0) is 17.3. The van der Waals surface area contributed by atoms with Crippen molar-refractivity contribution in [3.8, 4) is 0 Å². The quantitative estimate of drug-likeness (QED) is 0.638. The molecule has 3 fully saturated rings. The van der Waals surface area contributed by atoms with Crippen molar-refractivity contribution in [1.29, 1.82) is 0 Å². The van der Waals surface area contributed by atoms with E-state index in [4.69, 9.17) is 0 Å². The van der Waals surface area contributed by atoms with E-state index >= 15 is 0 Å². The van der Waals surface area contributed by atoms with Crippen molar-refractivity contribution in [1.82, 2.24) is 0 Å². The fourth-order valence-electron chi connectivity index (χ4n) is 5.68. The molecule has 0 spiro atoms. The summed E-state index contributed by atoms with van der Waals surface area (Å²) in [6.07, 6.45) is 6.72. The molecule has 0 aromatic heterocycles. The summed E-state index contributed by atoms with van der Waals surface area (Å²) < 4.78 is 42.8. The molecule has 3 aliphatic carbocycles. The summed E-state index contributed by atoms with van der Waals surface area (Å²) in [5.41, 5.74) is 0. The van der Waals surface area contributed by atoms with Crippen LogP contribution in [0.2, 0.25) is 0 Å². The van der Waals surface area contributed by atoms with Gasteiger partial charge in [-0.25, -0.2) is 13.2 Å². The van der Waals surface area contributed by atoms with E-state index in [-0.39, 0.29) is 24.2 Å². The normalized spacial score (nSPS) is 46.7. The van der Waals surface area contributed by atoms with Gasteiger partial charge in [-0.05, 0) is 68.1 Å². The van der Waals surface area contributed by atoms with Gasteiger partial charge in [-0.15, -0.1) is 0 Å². The zero-order valence-electron chi connectivity index (χ0n) is 16.4. The Bertz CT molecular complexity index is 395. The maximum atomic E-state index is 14.8. The minimum atomic E-state index is -1.09. The van der Waals surface area contributed by atoms with Gasteiger partial charge in [0.25, 0.3) is 0 Å². The van der Waals surface area contributed by atoms with Gasteiger partial charge in [0.2, 0.25) is 0 Å². The summed E-state index contributed by atoms with van der Waals surface area (Å²) in [6, 6.07) is 0. The fraction of sp³-hybridized carbons (Fsp3) is 1.00. The van der Waals surface area contributed by atoms with Crippen LogP contribution in [0.3, 0.4) is 0 Å². The first-order valence-electron chi connectivity index (χ1n) is 10.4. The van der Waals surface area contributed by atoms with Crippen molar-refractivity contribution in [2.45, 2.75) is 96.6 Å². The van der Waals surface area contributed by atoms with E-state index in [0.717, 1.165) is 24.7 Å². The Morgan fingerprint density at radius 2 is 1.23 bits per heavy atom. The van der Waals surface area contributed by atoms with E-state index in [1.807, 2.05) is 0 Å². The molecule has 3 rings (SSSR count). The molecule has 0 heterocycles. The molecule has 0 amide bonds. The smallest absolute Gasteiger partial charge is 0.106 e. The lowest BCUT2D eigenvalue weighted by Crippen LogP contribution is -2.41. The van der Waals surface area contributed by atoms with Crippen molar-refractivity contribution in [2.24, 2.45) is 35.5 Å². The van der Waals surface area contributed by atoms with E-state index in [9.17, 15) is 13.2 Å². The molecule has 2 nitrogen and oxygen atoms in total. The molecule has 3 saturated carbocycles. The van der Waals surface area contributed by atoms with E-state index in [0.29, 0.717) is 25.2 Å². The molecule has 4 N–H and O–H groups in total. The molecule has 26 heavy (non-hydrogen) atoms. The first-order chi connectivity index (χ1) is 11.4. The van der Waals surface area contributed by atoms with E-state index < -0.39 is 24.4 Å². The summed E-state index contributed by atoms with van der Waals surface area (Å²) in [4.78, 5) is 0. The lowest BCUT2D eigenvalue weighted by Gasteiger charge is -2.42. The summed E-state index contributed by atoms with van der Waals surface area (Å²) in [5.74, 6) is 1.45. The number of halogens is 3. The Morgan fingerprint density at radius 3 is 1.77 bits per heavy atom. The Balaban J connectivity index is 0.00000225. The van der Waals surface area contributed by atoms with Crippen molar-refractivity contribution in [3.05, 3.63) is 0 Å². The number of alkyl halides is 3. The van der Waals surface area contributed by atoms with Crippen LogP contribution in [0.4, 0.5) is 13.2 Å². The Morgan fingerprint density at radius 1 is 0.692 bits per heavy atom. The Hall–Kier alpha value is -0.290. The molecule has 0 aliphatic heterocycles. The van der Waals surface area contributed by atoms with Crippen LogP contribution in [0.25, 0.3) is 0 Å². The fourth-order valence-corrected chi connectivity index (χ4v) is 5.68. The van der Waals surface area contributed by atoms with Gasteiger partial charge in [0.05, 0.1) is 0 Å². The third-order valence-electron chi connectivity index (χ3n) is 7.54. The van der Waals surface area contributed by atoms with Crippen LogP contribution in [0.5, 0.6) is 0 Å². The van der Waals surface area contributed by atoms with Gasteiger partial charge in [0.1, 0.15) is 18.5 Å². The van der Waals surface area contributed by atoms with Gasteiger partial charge in [-0.2, -0.15) is 0 Å². The third-order valence-corrected chi connectivity index (χ3v) is 7.54. The highest BCUT2D eigenvalue weighted by atomic mass is 19.1. The van der Waals surface area contributed by atoms with Crippen LogP contribution in [0, 0.1) is 35.5 Å². The van der Waals surface area contributed by atoms with Gasteiger partial charge in [-0.3, -0.25) is 0 Å². The first kappa shape index (κ1) is 23.7. The second kappa shape index (κ2) is 10.3. The minimum absolute atomic E-state index is 0. The average Bonchev–Trinajstić information content (AvgIpc) is 2.54. The first-order valence-corrected chi connectivity index (χ1v) is 10.4. The SMILES string of the molecule is CC1CCC(CC2CCC(C3CC(F)C(C)C(F)C3)C(F)C2)CC1.O.O.[HH]. The molecular formula is C21H41F3O2. The monoisotopic (exact) mass is 382 g/mol. The highest BCUT2D eigenvalue weighted by molar-refractivity contribution is 4.92. The highest BCUT2D eigenvalue weighted by Gasteiger charge is 2.43. The second-order valence-corrected chi connectivity index (χ2v) is 9.34. The maximum absolute atomic E-state index is 14.8. The summed E-state index contributed by atoms with van der Waals surface area (Å²) in [7, 11) is 0. The van der Waals surface area contributed by atoms with E-state index in [1.165, 1.54) is 32.1 Å². The highest BCUT2D eigenvalue weighted by Crippen LogP contribution is 2.46. The number of hydrogen-bond acceptors (Lipinski definition) is 0. The van der Waals surface area contributed by atoms with E-state index in [1.54, 1.807) is 6.92 Å². The number of hydrogen-bond donors (Lipinski definition) is 0. The summed E-state index contributed by atoms with van der Waals surface area (Å²) in [5, 5.41) is 0. The van der Waals surface area contributed by atoms with Gasteiger partial charge < -0.3 is 11.0 Å². The molecule has 158 valence electrons.